The molecule has 0 amide bonds. The topological polar surface area (TPSA) is 40.3 Å². The molecule has 0 saturated heterocycles. The Labute approximate surface area is 54.2 Å². The zero-order valence-electron chi connectivity index (χ0n) is 5.70. The summed E-state index contributed by atoms with van der Waals surface area (Å²) in [6.45, 7) is 2.73. The molecule has 0 unspecified atom stereocenters. The first kappa shape index (κ1) is 6.19. The fourth-order valence-corrected chi connectivity index (χ4v) is 0.644. The monoisotopic (exact) mass is 126 g/mol. The lowest BCUT2D eigenvalue weighted by atomic mass is 10.3. The predicted octanol–water partition coefficient (Wildman–Crippen LogP) is 1.06. The van der Waals surface area contributed by atoms with Gasteiger partial charge in [-0.05, 0) is 6.42 Å². The van der Waals surface area contributed by atoms with E-state index >= 15 is 0 Å². The molecule has 4 nitrogen and oxygen atoms in total. The molecule has 4 heteroatoms. The van der Waals surface area contributed by atoms with Crippen LogP contribution < -0.4 is 0 Å². The third kappa shape index (κ3) is 1.48. The van der Waals surface area contributed by atoms with E-state index in [1.807, 2.05) is 0 Å². The first-order valence-corrected chi connectivity index (χ1v) is 3.00. The van der Waals surface area contributed by atoms with E-state index in [2.05, 4.69) is 22.4 Å². The van der Waals surface area contributed by atoms with Gasteiger partial charge in [0.15, 0.2) is 0 Å². The molecule has 0 radical (unpaired) electrons. The van der Waals surface area contributed by atoms with Crippen molar-refractivity contribution in [1.82, 2.24) is 5.12 Å². The molecule has 50 valence electrons. The Morgan fingerprint density at radius 2 is 2.44 bits per heavy atom. The van der Waals surface area contributed by atoms with Crippen LogP contribution in [0.3, 0.4) is 0 Å². The molecule has 0 aromatic heterocycles. The summed E-state index contributed by atoms with van der Waals surface area (Å²) in [5.74, 6) is 0. The van der Waals surface area contributed by atoms with Crippen molar-refractivity contribution < 1.29 is 0 Å². The summed E-state index contributed by atoms with van der Waals surface area (Å²) in [4.78, 5) is 0. The van der Waals surface area contributed by atoms with E-state index in [0.717, 1.165) is 12.1 Å². The summed E-state index contributed by atoms with van der Waals surface area (Å²) in [7, 11) is 1.78. The smallest absolute Gasteiger partial charge is 0.102 e. The lowest BCUT2D eigenvalue weighted by molar-refractivity contribution is 0.335. The number of nitrogens with zero attached hydrogens (tertiary/aromatic N) is 4. The Hall–Kier alpha value is -0.930. The average molecular weight is 126 g/mol. The molecule has 0 aromatic rings. The molecule has 0 aliphatic carbocycles. The largest absolute Gasteiger partial charge is 0.170 e. The van der Waals surface area contributed by atoms with Gasteiger partial charge in [0.05, 0.1) is 12.8 Å². The van der Waals surface area contributed by atoms with Gasteiger partial charge >= 0.3 is 0 Å². The van der Waals surface area contributed by atoms with Gasteiger partial charge in [0.1, 0.15) is 6.54 Å². The molecule has 0 fully saturated rings. The van der Waals surface area contributed by atoms with Crippen LogP contribution >= 0.6 is 0 Å². The number of hydrogen-bond acceptors (Lipinski definition) is 4. The maximum Gasteiger partial charge on any atom is 0.102 e. The van der Waals surface area contributed by atoms with Crippen LogP contribution in [0.25, 0.3) is 0 Å². The van der Waals surface area contributed by atoms with Crippen molar-refractivity contribution in [2.45, 2.75) is 13.3 Å². The summed E-state index contributed by atoms with van der Waals surface area (Å²) in [5.41, 5.74) is 1.09. The summed E-state index contributed by atoms with van der Waals surface area (Å²) in [6.07, 6.45) is 0.962. The van der Waals surface area contributed by atoms with Gasteiger partial charge in [0.2, 0.25) is 0 Å². The van der Waals surface area contributed by atoms with Gasteiger partial charge in [-0.15, -0.1) is 0 Å². The van der Waals surface area contributed by atoms with E-state index in [9.17, 15) is 0 Å². The molecule has 1 rings (SSSR count). The van der Waals surface area contributed by atoms with E-state index < -0.39 is 0 Å². The quantitative estimate of drug-likeness (QED) is 0.518. The van der Waals surface area contributed by atoms with Crippen LogP contribution in [-0.4, -0.2) is 24.4 Å². The van der Waals surface area contributed by atoms with Crippen molar-refractivity contribution >= 4 is 5.71 Å². The second-order valence-electron chi connectivity index (χ2n) is 1.90. The normalized spacial score (nSPS) is 18.0. The maximum absolute atomic E-state index is 4.09. The van der Waals surface area contributed by atoms with Crippen LogP contribution in [0, 0.1) is 0 Å². The van der Waals surface area contributed by atoms with Crippen LogP contribution in [0.1, 0.15) is 13.3 Å². The molecule has 0 aromatic carbocycles. The summed E-state index contributed by atoms with van der Waals surface area (Å²) in [6, 6.07) is 0. The fourth-order valence-electron chi connectivity index (χ4n) is 0.644. The maximum atomic E-state index is 4.09. The highest BCUT2D eigenvalue weighted by Crippen LogP contribution is 1.98. The minimum absolute atomic E-state index is 0.668. The predicted molar refractivity (Wildman–Crippen MR) is 35.2 cm³/mol. The van der Waals surface area contributed by atoms with Crippen molar-refractivity contribution in [2.75, 3.05) is 13.6 Å². The highest BCUT2D eigenvalue weighted by Gasteiger charge is 2.01. The van der Waals surface area contributed by atoms with Gasteiger partial charge in [-0.25, -0.2) is 0 Å². The van der Waals surface area contributed by atoms with Gasteiger partial charge in [0.25, 0.3) is 0 Å². The molecule has 0 spiro atoms. The van der Waals surface area contributed by atoms with Crippen molar-refractivity contribution in [3.63, 3.8) is 0 Å². The zero-order chi connectivity index (χ0) is 6.69. The van der Waals surface area contributed by atoms with Crippen molar-refractivity contribution in [3.8, 4) is 0 Å². The third-order valence-electron chi connectivity index (χ3n) is 1.14. The number of hydrogen-bond donors (Lipinski definition) is 0. The van der Waals surface area contributed by atoms with Gasteiger partial charge in [-0.1, -0.05) is 12.1 Å². The molecule has 1 heterocycles. The average Bonchev–Trinajstić information content (AvgIpc) is 1.88. The molecular formula is C5H10N4. The second kappa shape index (κ2) is 2.57. The Morgan fingerprint density at radius 1 is 1.67 bits per heavy atom. The van der Waals surface area contributed by atoms with Crippen LogP contribution in [0.2, 0.25) is 0 Å². The molecule has 0 bridgehead atoms. The van der Waals surface area contributed by atoms with Gasteiger partial charge in [-0.3, -0.25) is 0 Å². The standard InChI is InChI=1S/C5H10N4/c1-3-5-4-6-8-9(2)7-5/h3-4H2,1-2H3. The molecule has 1 aliphatic heterocycles. The van der Waals surface area contributed by atoms with E-state index in [0.29, 0.717) is 6.54 Å². The minimum atomic E-state index is 0.668. The fraction of sp³-hybridized carbons (Fsp3) is 0.800. The summed E-state index contributed by atoms with van der Waals surface area (Å²) in [5, 5.41) is 13.1. The van der Waals surface area contributed by atoms with Crippen molar-refractivity contribution in [2.24, 2.45) is 15.4 Å². The van der Waals surface area contributed by atoms with E-state index in [4.69, 9.17) is 0 Å². The highest BCUT2D eigenvalue weighted by atomic mass is 15.7. The van der Waals surface area contributed by atoms with Crippen LogP contribution in [0.5, 0.6) is 0 Å². The van der Waals surface area contributed by atoms with E-state index in [1.165, 1.54) is 5.12 Å². The molecule has 0 saturated carbocycles. The molecule has 1 aliphatic rings. The van der Waals surface area contributed by atoms with Crippen LogP contribution in [0.4, 0.5) is 0 Å². The SMILES string of the molecule is CCC1=NN(C)N=NC1. The van der Waals surface area contributed by atoms with Crippen LogP contribution in [-0.2, 0) is 0 Å². The lowest BCUT2D eigenvalue weighted by Crippen LogP contribution is -2.14. The van der Waals surface area contributed by atoms with Gasteiger partial charge in [0, 0.05) is 0 Å². The molecule has 0 atom stereocenters. The Kier molecular flexibility index (Phi) is 1.77. The summed E-state index contributed by atoms with van der Waals surface area (Å²) >= 11 is 0. The number of rotatable bonds is 1. The zero-order valence-corrected chi connectivity index (χ0v) is 5.70. The van der Waals surface area contributed by atoms with Crippen LogP contribution in [0.15, 0.2) is 15.4 Å². The number of hydrazone groups is 1. The van der Waals surface area contributed by atoms with Crippen molar-refractivity contribution in [1.29, 1.82) is 0 Å². The molecule has 0 N–H and O–H groups in total. The molecule has 9 heavy (non-hydrogen) atoms. The van der Waals surface area contributed by atoms with Crippen molar-refractivity contribution in [3.05, 3.63) is 0 Å². The summed E-state index contributed by atoms with van der Waals surface area (Å²) < 4.78 is 0. The Bertz CT molecular complexity index is 149. The minimum Gasteiger partial charge on any atom is -0.170 e. The lowest BCUT2D eigenvalue weighted by Gasteiger charge is -2.10. The highest BCUT2D eigenvalue weighted by molar-refractivity contribution is 5.86. The first-order valence-electron chi connectivity index (χ1n) is 3.00. The van der Waals surface area contributed by atoms with E-state index in [-0.39, 0.29) is 0 Å². The Morgan fingerprint density at radius 3 is 2.89 bits per heavy atom. The second-order valence-corrected chi connectivity index (χ2v) is 1.90. The Balaban J connectivity index is 2.55. The van der Waals surface area contributed by atoms with Gasteiger partial charge < -0.3 is 0 Å². The third-order valence-corrected chi connectivity index (χ3v) is 1.14. The van der Waals surface area contributed by atoms with E-state index in [1.54, 1.807) is 7.05 Å². The van der Waals surface area contributed by atoms with Gasteiger partial charge in [-0.2, -0.15) is 15.3 Å². The molecular weight excluding hydrogens is 116 g/mol. The first-order chi connectivity index (χ1) is 4.33.